The maximum atomic E-state index is 13.0. The van der Waals surface area contributed by atoms with Gasteiger partial charge in [0.15, 0.2) is 17.4 Å². The predicted octanol–water partition coefficient (Wildman–Crippen LogP) is 1.87. The van der Waals surface area contributed by atoms with Crippen LogP contribution in [0.4, 0.5) is 8.78 Å². The Morgan fingerprint density at radius 1 is 1.44 bits per heavy atom. The number of hydrogen-bond donors (Lipinski definition) is 0. The Balaban J connectivity index is 2.04. The SMILES string of the molecule is CC1COCCN1CC(=O)c1ccc(F)c(F)c1. The second kappa shape index (κ2) is 5.54. The van der Waals surface area contributed by atoms with Crippen molar-refractivity contribution < 1.29 is 18.3 Å². The van der Waals surface area contributed by atoms with Gasteiger partial charge in [-0.25, -0.2) is 8.78 Å². The van der Waals surface area contributed by atoms with E-state index in [0.29, 0.717) is 19.8 Å². The molecule has 1 aromatic rings. The molecule has 3 nitrogen and oxygen atoms in total. The number of carbonyl (C=O) groups excluding carboxylic acids is 1. The first-order chi connectivity index (χ1) is 8.58. The molecule has 1 aromatic carbocycles. The number of morpholine rings is 1. The van der Waals surface area contributed by atoms with Gasteiger partial charge in [0.2, 0.25) is 0 Å². The van der Waals surface area contributed by atoms with Crippen LogP contribution in [-0.2, 0) is 4.74 Å². The summed E-state index contributed by atoms with van der Waals surface area (Å²) in [4.78, 5) is 13.9. The zero-order valence-electron chi connectivity index (χ0n) is 10.2. The predicted molar refractivity (Wildman–Crippen MR) is 62.5 cm³/mol. The third-order valence-corrected chi connectivity index (χ3v) is 3.09. The molecule has 2 rings (SSSR count). The monoisotopic (exact) mass is 255 g/mol. The number of ether oxygens (including phenoxy) is 1. The molecule has 0 N–H and O–H groups in total. The summed E-state index contributed by atoms with van der Waals surface area (Å²) in [6, 6.07) is 3.40. The molecule has 0 saturated carbocycles. The highest BCUT2D eigenvalue weighted by Crippen LogP contribution is 2.12. The first-order valence-electron chi connectivity index (χ1n) is 5.88. The maximum Gasteiger partial charge on any atom is 0.176 e. The van der Waals surface area contributed by atoms with Gasteiger partial charge in [0.25, 0.3) is 0 Å². The van der Waals surface area contributed by atoms with Crippen LogP contribution >= 0.6 is 0 Å². The van der Waals surface area contributed by atoms with Gasteiger partial charge in [-0.05, 0) is 25.1 Å². The molecule has 0 aliphatic carbocycles. The number of nitrogens with zero attached hydrogens (tertiary/aromatic N) is 1. The molecule has 1 saturated heterocycles. The third kappa shape index (κ3) is 2.91. The van der Waals surface area contributed by atoms with E-state index in [1.54, 1.807) is 0 Å². The molecule has 1 fully saturated rings. The summed E-state index contributed by atoms with van der Waals surface area (Å²) in [6.45, 7) is 4.03. The van der Waals surface area contributed by atoms with Crippen molar-refractivity contribution in [2.24, 2.45) is 0 Å². The molecule has 5 heteroatoms. The van der Waals surface area contributed by atoms with Crippen molar-refractivity contribution in [2.45, 2.75) is 13.0 Å². The van der Waals surface area contributed by atoms with Crippen LogP contribution in [0.15, 0.2) is 18.2 Å². The smallest absolute Gasteiger partial charge is 0.176 e. The summed E-state index contributed by atoms with van der Waals surface area (Å²) in [5, 5.41) is 0. The highest BCUT2D eigenvalue weighted by molar-refractivity contribution is 5.97. The van der Waals surface area contributed by atoms with Crippen LogP contribution < -0.4 is 0 Å². The highest BCUT2D eigenvalue weighted by atomic mass is 19.2. The summed E-state index contributed by atoms with van der Waals surface area (Å²) >= 11 is 0. The van der Waals surface area contributed by atoms with Gasteiger partial charge < -0.3 is 4.74 Å². The molecule has 1 unspecified atom stereocenters. The molecule has 1 heterocycles. The number of Topliss-reactive ketones (excluding diaryl/α,β-unsaturated/α-hetero) is 1. The normalized spacial score (nSPS) is 20.9. The molecule has 1 aliphatic heterocycles. The van der Waals surface area contributed by atoms with Crippen molar-refractivity contribution in [2.75, 3.05) is 26.3 Å². The summed E-state index contributed by atoms with van der Waals surface area (Å²) in [5.74, 6) is -2.13. The summed E-state index contributed by atoms with van der Waals surface area (Å²) in [7, 11) is 0. The van der Waals surface area contributed by atoms with Crippen LogP contribution in [0.1, 0.15) is 17.3 Å². The second-order valence-electron chi connectivity index (χ2n) is 4.45. The van der Waals surface area contributed by atoms with Crippen LogP contribution in [-0.4, -0.2) is 43.0 Å². The molecule has 98 valence electrons. The number of halogens is 2. The van der Waals surface area contributed by atoms with Crippen LogP contribution in [0.5, 0.6) is 0 Å². The van der Waals surface area contributed by atoms with Gasteiger partial charge in [-0.1, -0.05) is 0 Å². The minimum atomic E-state index is -0.990. The molecule has 0 amide bonds. The Kier molecular flexibility index (Phi) is 4.04. The van der Waals surface area contributed by atoms with Crippen molar-refractivity contribution in [3.8, 4) is 0 Å². The summed E-state index contributed by atoms with van der Waals surface area (Å²) in [6.07, 6.45) is 0. The van der Waals surface area contributed by atoms with Crippen molar-refractivity contribution in [3.63, 3.8) is 0 Å². The lowest BCUT2D eigenvalue weighted by Crippen LogP contribution is -2.46. The standard InChI is InChI=1S/C13H15F2NO2/c1-9-8-18-5-4-16(9)7-13(17)10-2-3-11(14)12(15)6-10/h2-3,6,9H,4-5,7-8H2,1H3. The molecule has 18 heavy (non-hydrogen) atoms. The first-order valence-corrected chi connectivity index (χ1v) is 5.88. The van der Waals surface area contributed by atoms with Gasteiger partial charge in [0.1, 0.15) is 0 Å². The van der Waals surface area contributed by atoms with Gasteiger partial charge in [0, 0.05) is 18.2 Å². The molecule has 1 atom stereocenters. The molecular formula is C13H15F2NO2. The number of rotatable bonds is 3. The van der Waals surface area contributed by atoms with E-state index >= 15 is 0 Å². The van der Waals surface area contributed by atoms with E-state index in [2.05, 4.69) is 0 Å². The van der Waals surface area contributed by atoms with E-state index in [1.165, 1.54) is 6.07 Å². The van der Waals surface area contributed by atoms with Crippen LogP contribution in [0, 0.1) is 11.6 Å². The lowest BCUT2D eigenvalue weighted by molar-refractivity contribution is 0.00200. The van der Waals surface area contributed by atoms with Gasteiger partial charge in [-0.3, -0.25) is 9.69 Å². The Labute approximate surface area is 104 Å². The van der Waals surface area contributed by atoms with Crippen LogP contribution in [0.3, 0.4) is 0 Å². The van der Waals surface area contributed by atoms with Crippen molar-refractivity contribution >= 4 is 5.78 Å². The molecule has 0 aromatic heterocycles. The summed E-state index contributed by atoms with van der Waals surface area (Å²) < 4.78 is 31.1. The molecule has 0 radical (unpaired) electrons. The van der Waals surface area contributed by atoms with Gasteiger partial charge in [0.05, 0.1) is 19.8 Å². The van der Waals surface area contributed by atoms with E-state index in [0.717, 1.165) is 12.1 Å². The van der Waals surface area contributed by atoms with Crippen LogP contribution in [0.25, 0.3) is 0 Å². The Bertz CT molecular complexity index is 451. The quantitative estimate of drug-likeness (QED) is 0.772. The lowest BCUT2D eigenvalue weighted by atomic mass is 10.1. The fraction of sp³-hybridized carbons (Fsp3) is 0.462. The third-order valence-electron chi connectivity index (χ3n) is 3.09. The second-order valence-corrected chi connectivity index (χ2v) is 4.45. The molecule has 1 aliphatic rings. The van der Waals surface area contributed by atoms with Crippen molar-refractivity contribution in [1.29, 1.82) is 0 Å². The molecule has 0 spiro atoms. The number of ketones is 1. The fourth-order valence-electron chi connectivity index (χ4n) is 1.94. The Morgan fingerprint density at radius 3 is 2.89 bits per heavy atom. The summed E-state index contributed by atoms with van der Waals surface area (Å²) in [5.41, 5.74) is 0.201. The van der Waals surface area contributed by atoms with Crippen molar-refractivity contribution in [1.82, 2.24) is 4.90 Å². The minimum absolute atomic E-state index is 0.160. The Morgan fingerprint density at radius 2 is 2.22 bits per heavy atom. The topological polar surface area (TPSA) is 29.5 Å². The van der Waals surface area contributed by atoms with Crippen molar-refractivity contribution in [3.05, 3.63) is 35.4 Å². The van der Waals surface area contributed by atoms with E-state index in [4.69, 9.17) is 4.74 Å². The number of hydrogen-bond acceptors (Lipinski definition) is 3. The van der Waals surface area contributed by atoms with E-state index in [1.807, 2.05) is 11.8 Å². The fourth-order valence-corrected chi connectivity index (χ4v) is 1.94. The zero-order chi connectivity index (χ0) is 13.1. The maximum absolute atomic E-state index is 13.0. The average Bonchev–Trinajstić information content (AvgIpc) is 2.35. The number of benzene rings is 1. The molecular weight excluding hydrogens is 240 g/mol. The first kappa shape index (κ1) is 13.1. The van der Waals surface area contributed by atoms with Gasteiger partial charge >= 0.3 is 0 Å². The van der Waals surface area contributed by atoms with Gasteiger partial charge in [-0.2, -0.15) is 0 Å². The Hall–Kier alpha value is -1.33. The number of carbonyl (C=O) groups is 1. The van der Waals surface area contributed by atoms with E-state index in [-0.39, 0.29) is 23.9 Å². The molecule has 0 bridgehead atoms. The highest BCUT2D eigenvalue weighted by Gasteiger charge is 2.22. The zero-order valence-corrected chi connectivity index (χ0v) is 10.2. The minimum Gasteiger partial charge on any atom is -0.379 e. The average molecular weight is 255 g/mol. The van der Waals surface area contributed by atoms with Crippen LogP contribution in [0.2, 0.25) is 0 Å². The van der Waals surface area contributed by atoms with E-state index < -0.39 is 11.6 Å². The lowest BCUT2D eigenvalue weighted by Gasteiger charge is -2.32. The van der Waals surface area contributed by atoms with Gasteiger partial charge in [-0.15, -0.1) is 0 Å². The van der Waals surface area contributed by atoms with E-state index in [9.17, 15) is 13.6 Å². The largest absolute Gasteiger partial charge is 0.379 e.